The first kappa shape index (κ1) is 16.3. The van der Waals surface area contributed by atoms with Crippen molar-refractivity contribution >= 4 is 32.4 Å². The number of rotatable bonds is 4. The second-order valence-corrected chi connectivity index (χ2v) is 8.52. The van der Waals surface area contributed by atoms with Gasteiger partial charge in [0, 0.05) is 24.9 Å². The largest absolute Gasteiger partial charge is 0.300 e. The van der Waals surface area contributed by atoms with Crippen LogP contribution in [0, 0.1) is 5.92 Å². The zero-order valence-corrected chi connectivity index (χ0v) is 14.0. The number of aromatic nitrogens is 2. The molecule has 0 radical (unpaired) electrons. The lowest BCUT2D eigenvalue weighted by atomic mass is 9.97. The third-order valence-electron chi connectivity index (χ3n) is 3.46. The van der Waals surface area contributed by atoms with Gasteiger partial charge in [0.2, 0.25) is 21.1 Å². The first-order valence-electron chi connectivity index (χ1n) is 6.86. The van der Waals surface area contributed by atoms with Crippen molar-refractivity contribution in [2.24, 2.45) is 5.92 Å². The minimum Gasteiger partial charge on any atom is -0.300 e. The molecule has 0 spiro atoms. The Morgan fingerprint density at radius 3 is 2.43 bits per heavy atom. The average molecular weight is 332 g/mol. The topological polar surface area (TPSA) is 92.3 Å². The summed E-state index contributed by atoms with van der Waals surface area (Å²) in [6, 6.07) is 0. The number of sulfonamides is 1. The molecule has 1 N–H and O–H groups in total. The molecule has 21 heavy (non-hydrogen) atoms. The standard InChI is InChI=1S/C12H20N4O3S2/c1-8(2)11-14-15-12(20-11)13-10(17)9-4-6-16(7-5-9)21(3,18)19/h8-9H,4-7H2,1-3H3,(H,13,15,17). The van der Waals surface area contributed by atoms with Gasteiger partial charge in [-0.05, 0) is 12.8 Å². The summed E-state index contributed by atoms with van der Waals surface area (Å²) < 4.78 is 24.3. The van der Waals surface area contributed by atoms with Crippen molar-refractivity contribution in [2.75, 3.05) is 24.7 Å². The van der Waals surface area contributed by atoms with Crippen molar-refractivity contribution in [3.8, 4) is 0 Å². The maximum atomic E-state index is 12.2. The summed E-state index contributed by atoms with van der Waals surface area (Å²) in [6.45, 7) is 4.83. The van der Waals surface area contributed by atoms with Crippen LogP contribution in [0.5, 0.6) is 0 Å². The fourth-order valence-corrected chi connectivity index (χ4v) is 3.80. The van der Waals surface area contributed by atoms with Gasteiger partial charge in [0.1, 0.15) is 5.01 Å². The molecule has 9 heteroatoms. The monoisotopic (exact) mass is 332 g/mol. The van der Waals surface area contributed by atoms with E-state index in [1.807, 2.05) is 13.8 Å². The average Bonchev–Trinajstić information content (AvgIpc) is 2.86. The maximum Gasteiger partial charge on any atom is 0.229 e. The molecule has 0 atom stereocenters. The summed E-state index contributed by atoms with van der Waals surface area (Å²) in [5, 5.41) is 12.2. The van der Waals surface area contributed by atoms with Crippen LogP contribution in [-0.4, -0.2) is 48.2 Å². The van der Waals surface area contributed by atoms with Gasteiger partial charge in [-0.1, -0.05) is 25.2 Å². The van der Waals surface area contributed by atoms with E-state index >= 15 is 0 Å². The van der Waals surface area contributed by atoms with Gasteiger partial charge in [0.15, 0.2) is 0 Å². The van der Waals surface area contributed by atoms with Gasteiger partial charge >= 0.3 is 0 Å². The molecule has 0 bridgehead atoms. The molecule has 118 valence electrons. The molecule has 7 nitrogen and oxygen atoms in total. The molecule has 0 saturated carbocycles. The summed E-state index contributed by atoms with van der Waals surface area (Å²) in [4.78, 5) is 12.2. The van der Waals surface area contributed by atoms with E-state index in [0.29, 0.717) is 31.1 Å². The molecule has 1 aliphatic rings. The van der Waals surface area contributed by atoms with Crippen LogP contribution in [0.25, 0.3) is 0 Å². The highest BCUT2D eigenvalue weighted by Gasteiger charge is 2.29. The Kier molecular flexibility index (Phi) is 4.95. The van der Waals surface area contributed by atoms with Crippen LogP contribution in [0.1, 0.15) is 37.6 Å². The lowest BCUT2D eigenvalue weighted by molar-refractivity contribution is -0.120. The second-order valence-electron chi connectivity index (χ2n) is 5.53. The molecule has 0 aliphatic carbocycles. The lowest BCUT2D eigenvalue weighted by Gasteiger charge is -2.29. The quantitative estimate of drug-likeness (QED) is 0.896. The first-order chi connectivity index (χ1) is 9.77. The predicted molar refractivity (Wildman–Crippen MR) is 81.8 cm³/mol. The van der Waals surface area contributed by atoms with Crippen molar-refractivity contribution < 1.29 is 13.2 Å². The van der Waals surface area contributed by atoms with E-state index in [1.54, 1.807) is 0 Å². The highest BCUT2D eigenvalue weighted by Crippen LogP contribution is 2.25. The predicted octanol–water partition coefficient (Wildman–Crippen LogP) is 1.27. The summed E-state index contributed by atoms with van der Waals surface area (Å²) in [5.74, 6) is 0.00941. The minimum absolute atomic E-state index is 0.102. The maximum absolute atomic E-state index is 12.2. The van der Waals surface area contributed by atoms with Crippen molar-refractivity contribution in [3.63, 3.8) is 0 Å². The zero-order valence-electron chi connectivity index (χ0n) is 12.4. The molecule has 0 aromatic carbocycles. The summed E-state index contributed by atoms with van der Waals surface area (Å²) in [5.41, 5.74) is 0. The van der Waals surface area contributed by atoms with Gasteiger partial charge in [-0.3, -0.25) is 4.79 Å². The van der Waals surface area contributed by atoms with Gasteiger partial charge < -0.3 is 5.32 Å². The van der Waals surface area contributed by atoms with E-state index in [4.69, 9.17) is 0 Å². The lowest BCUT2D eigenvalue weighted by Crippen LogP contribution is -2.40. The molecule has 2 heterocycles. The highest BCUT2D eigenvalue weighted by molar-refractivity contribution is 7.88. The SMILES string of the molecule is CC(C)c1nnc(NC(=O)C2CCN(S(C)(=O)=O)CC2)s1. The Labute approximate surface area is 128 Å². The second kappa shape index (κ2) is 6.37. The van der Waals surface area contributed by atoms with Crippen molar-refractivity contribution in [2.45, 2.75) is 32.6 Å². The van der Waals surface area contributed by atoms with E-state index in [-0.39, 0.29) is 17.7 Å². The van der Waals surface area contributed by atoms with Crippen LogP contribution < -0.4 is 5.32 Å². The number of amides is 1. The molecule has 2 rings (SSSR count). The minimum atomic E-state index is -3.16. The third kappa shape index (κ3) is 4.21. The Bertz CT molecular complexity index is 604. The molecule has 1 aromatic heterocycles. The normalized spacial score (nSPS) is 18.1. The molecule has 0 unspecified atom stereocenters. The third-order valence-corrected chi connectivity index (χ3v) is 5.90. The van der Waals surface area contributed by atoms with E-state index < -0.39 is 10.0 Å². The highest BCUT2D eigenvalue weighted by atomic mass is 32.2. The van der Waals surface area contributed by atoms with E-state index in [2.05, 4.69) is 15.5 Å². The van der Waals surface area contributed by atoms with E-state index in [9.17, 15) is 13.2 Å². The van der Waals surface area contributed by atoms with E-state index in [0.717, 1.165) is 5.01 Å². The van der Waals surface area contributed by atoms with Crippen LogP contribution >= 0.6 is 11.3 Å². The van der Waals surface area contributed by atoms with Crippen molar-refractivity contribution in [1.82, 2.24) is 14.5 Å². The van der Waals surface area contributed by atoms with Gasteiger partial charge in [-0.15, -0.1) is 10.2 Å². The Hall–Kier alpha value is -1.06. The van der Waals surface area contributed by atoms with Gasteiger partial charge in [0.25, 0.3) is 0 Å². The van der Waals surface area contributed by atoms with Crippen LogP contribution in [0.3, 0.4) is 0 Å². The number of carbonyl (C=O) groups excluding carboxylic acids is 1. The Morgan fingerprint density at radius 1 is 1.33 bits per heavy atom. The number of carbonyl (C=O) groups is 1. The Balaban J connectivity index is 1.90. The summed E-state index contributed by atoms with van der Waals surface area (Å²) >= 11 is 1.38. The van der Waals surface area contributed by atoms with Gasteiger partial charge in [-0.2, -0.15) is 0 Å². The summed E-state index contributed by atoms with van der Waals surface area (Å²) in [6.07, 6.45) is 2.27. The number of nitrogens with one attached hydrogen (secondary N) is 1. The van der Waals surface area contributed by atoms with Crippen LogP contribution in [0.4, 0.5) is 5.13 Å². The number of hydrogen-bond acceptors (Lipinski definition) is 6. The van der Waals surface area contributed by atoms with Crippen LogP contribution in [0.2, 0.25) is 0 Å². The molecule has 1 aliphatic heterocycles. The number of nitrogens with zero attached hydrogens (tertiary/aromatic N) is 3. The fraction of sp³-hybridized carbons (Fsp3) is 0.750. The number of hydrogen-bond donors (Lipinski definition) is 1. The molecular weight excluding hydrogens is 312 g/mol. The molecule has 1 fully saturated rings. The fourth-order valence-electron chi connectivity index (χ4n) is 2.18. The number of piperidine rings is 1. The number of anilines is 1. The summed E-state index contributed by atoms with van der Waals surface area (Å²) in [7, 11) is -3.16. The van der Waals surface area contributed by atoms with Crippen LogP contribution in [0.15, 0.2) is 0 Å². The van der Waals surface area contributed by atoms with Crippen molar-refractivity contribution in [3.05, 3.63) is 5.01 Å². The van der Waals surface area contributed by atoms with E-state index in [1.165, 1.54) is 21.9 Å². The van der Waals surface area contributed by atoms with Crippen molar-refractivity contribution in [1.29, 1.82) is 0 Å². The molecule has 1 aromatic rings. The molecular formula is C12H20N4O3S2. The first-order valence-corrected chi connectivity index (χ1v) is 9.53. The Morgan fingerprint density at radius 2 is 1.95 bits per heavy atom. The van der Waals surface area contributed by atoms with Gasteiger partial charge in [0.05, 0.1) is 6.26 Å². The zero-order chi connectivity index (χ0) is 15.6. The molecule has 1 saturated heterocycles. The van der Waals surface area contributed by atoms with Gasteiger partial charge in [-0.25, -0.2) is 12.7 Å². The smallest absolute Gasteiger partial charge is 0.229 e. The molecule has 1 amide bonds. The van der Waals surface area contributed by atoms with Crippen LogP contribution in [-0.2, 0) is 14.8 Å².